The van der Waals surface area contributed by atoms with E-state index in [1.807, 2.05) is 54.6 Å². The molecule has 0 amide bonds. The van der Waals surface area contributed by atoms with E-state index in [4.69, 9.17) is 0 Å². The Hall–Kier alpha value is -2.67. The fourth-order valence-corrected chi connectivity index (χ4v) is 3.21. The first-order valence-electron chi connectivity index (χ1n) is 8.44. The molecule has 0 saturated heterocycles. The molecule has 0 bridgehead atoms. The first-order chi connectivity index (χ1) is 11.8. The molecule has 3 aromatic carbocycles. The fourth-order valence-electron chi connectivity index (χ4n) is 3.21. The van der Waals surface area contributed by atoms with Crippen molar-refractivity contribution in [3.63, 3.8) is 0 Å². The molecule has 1 nitrogen and oxygen atoms in total. The number of carbonyl (C=O) groups excluding carboxylic acids is 1. The molecule has 1 heteroatoms. The molecule has 0 N–H and O–H groups in total. The highest BCUT2D eigenvalue weighted by atomic mass is 16.1. The van der Waals surface area contributed by atoms with Crippen molar-refractivity contribution in [2.24, 2.45) is 0 Å². The van der Waals surface area contributed by atoms with E-state index in [0.29, 0.717) is 6.42 Å². The van der Waals surface area contributed by atoms with Crippen molar-refractivity contribution >= 4 is 5.78 Å². The minimum absolute atomic E-state index is 0.168. The molecule has 2 atom stereocenters. The minimum Gasteiger partial charge on any atom is -0.294 e. The van der Waals surface area contributed by atoms with Crippen molar-refractivity contribution in [3.05, 3.63) is 108 Å². The van der Waals surface area contributed by atoms with Gasteiger partial charge in [-0.15, -0.1) is 0 Å². The molecule has 3 aromatic rings. The lowest BCUT2D eigenvalue weighted by molar-refractivity contribution is 0.0970. The summed E-state index contributed by atoms with van der Waals surface area (Å²) in [6.07, 6.45) is 0.518. The second kappa shape index (κ2) is 7.74. The Bertz CT molecular complexity index is 763. The lowest BCUT2D eigenvalue weighted by Crippen LogP contribution is -2.14. The number of Topliss-reactive ketones (excluding diaryl/α,β-unsaturated/α-hetero) is 1. The summed E-state index contributed by atoms with van der Waals surface area (Å²) in [4.78, 5) is 12.8. The van der Waals surface area contributed by atoms with Crippen molar-refractivity contribution in [3.8, 4) is 0 Å². The molecule has 0 unspecified atom stereocenters. The van der Waals surface area contributed by atoms with Gasteiger partial charge in [0, 0.05) is 12.0 Å². The van der Waals surface area contributed by atoms with Crippen LogP contribution < -0.4 is 0 Å². The topological polar surface area (TPSA) is 17.1 Å². The van der Waals surface area contributed by atoms with E-state index in [-0.39, 0.29) is 17.6 Å². The monoisotopic (exact) mass is 314 g/mol. The highest BCUT2D eigenvalue weighted by Crippen LogP contribution is 2.36. The molecule has 0 heterocycles. The van der Waals surface area contributed by atoms with Gasteiger partial charge in [-0.1, -0.05) is 97.9 Å². The summed E-state index contributed by atoms with van der Waals surface area (Å²) in [5.74, 6) is 0.648. The van der Waals surface area contributed by atoms with Gasteiger partial charge >= 0.3 is 0 Å². The van der Waals surface area contributed by atoms with E-state index < -0.39 is 0 Å². The van der Waals surface area contributed by atoms with Crippen LogP contribution in [0.4, 0.5) is 0 Å². The zero-order chi connectivity index (χ0) is 16.8. The van der Waals surface area contributed by atoms with E-state index in [9.17, 15) is 4.79 Å². The third-order valence-electron chi connectivity index (χ3n) is 4.66. The van der Waals surface area contributed by atoms with Crippen LogP contribution in [0, 0.1) is 0 Å². The van der Waals surface area contributed by atoms with Gasteiger partial charge in [0.15, 0.2) is 5.78 Å². The molecule has 0 saturated carbocycles. The number of rotatable bonds is 6. The van der Waals surface area contributed by atoms with E-state index in [1.165, 1.54) is 11.1 Å². The molecule has 3 rings (SSSR count). The number of benzene rings is 3. The van der Waals surface area contributed by atoms with Crippen LogP contribution in [-0.2, 0) is 0 Å². The van der Waals surface area contributed by atoms with Crippen LogP contribution in [0.5, 0.6) is 0 Å². The van der Waals surface area contributed by atoms with Gasteiger partial charge in [0.05, 0.1) is 0 Å². The van der Waals surface area contributed by atoms with Gasteiger partial charge in [-0.05, 0) is 23.0 Å². The summed E-state index contributed by atoms with van der Waals surface area (Å²) in [7, 11) is 0. The summed E-state index contributed by atoms with van der Waals surface area (Å²) in [6.45, 7) is 2.21. The fraction of sp³-hybridized carbons (Fsp3) is 0.174. The molecular weight excluding hydrogens is 292 g/mol. The van der Waals surface area contributed by atoms with Gasteiger partial charge in [-0.2, -0.15) is 0 Å². The lowest BCUT2D eigenvalue weighted by Gasteiger charge is -2.24. The van der Waals surface area contributed by atoms with Gasteiger partial charge in [-0.25, -0.2) is 0 Å². The zero-order valence-electron chi connectivity index (χ0n) is 13.9. The minimum atomic E-state index is 0.168. The molecule has 0 aromatic heterocycles. The quantitative estimate of drug-likeness (QED) is 0.522. The Morgan fingerprint density at radius 1 is 0.708 bits per heavy atom. The van der Waals surface area contributed by atoms with Gasteiger partial charge < -0.3 is 0 Å². The van der Waals surface area contributed by atoms with E-state index in [0.717, 1.165) is 5.56 Å². The zero-order valence-corrected chi connectivity index (χ0v) is 13.9. The molecule has 120 valence electrons. The second-order valence-corrected chi connectivity index (χ2v) is 6.21. The van der Waals surface area contributed by atoms with Crippen molar-refractivity contribution < 1.29 is 4.79 Å². The van der Waals surface area contributed by atoms with Crippen LogP contribution in [0.1, 0.15) is 46.7 Å². The van der Waals surface area contributed by atoms with E-state index >= 15 is 0 Å². The molecule has 0 spiro atoms. The van der Waals surface area contributed by atoms with Gasteiger partial charge in [0.25, 0.3) is 0 Å². The van der Waals surface area contributed by atoms with Gasteiger partial charge in [0.1, 0.15) is 0 Å². The number of hydrogen-bond acceptors (Lipinski definition) is 1. The SMILES string of the molecule is C[C@H](c1ccccc1)[C@@H](CC(=O)c1ccccc1)c1ccccc1. The maximum Gasteiger partial charge on any atom is 0.163 e. The smallest absolute Gasteiger partial charge is 0.163 e. The first kappa shape index (κ1) is 16.2. The predicted octanol–water partition coefficient (Wildman–Crippen LogP) is 5.85. The van der Waals surface area contributed by atoms with E-state index in [1.54, 1.807) is 0 Å². The van der Waals surface area contributed by atoms with E-state index in [2.05, 4.69) is 43.3 Å². The third-order valence-corrected chi connectivity index (χ3v) is 4.66. The normalized spacial score (nSPS) is 13.2. The van der Waals surface area contributed by atoms with Crippen LogP contribution >= 0.6 is 0 Å². The number of ketones is 1. The Labute approximate surface area is 144 Å². The molecule has 0 aliphatic carbocycles. The Kier molecular flexibility index (Phi) is 5.22. The summed E-state index contributed by atoms with van der Waals surface area (Å²) < 4.78 is 0. The number of carbonyl (C=O) groups is 1. The third kappa shape index (κ3) is 3.80. The van der Waals surface area contributed by atoms with Crippen LogP contribution in [-0.4, -0.2) is 5.78 Å². The maximum absolute atomic E-state index is 12.8. The molecule has 0 aliphatic heterocycles. The Morgan fingerprint density at radius 3 is 1.71 bits per heavy atom. The van der Waals surface area contributed by atoms with Crippen molar-refractivity contribution in [1.82, 2.24) is 0 Å². The molecule has 0 aliphatic rings. The Morgan fingerprint density at radius 2 is 1.17 bits per heavy atom. The average Bonchev–Trinajstić information content (AvgIpc) is 2.67. The highest BCUT2D eigenvalue weighted by Gasteiger charge is 2.24. The standard InChI is InChI=1S/C23H22O/c1-18(19-11-5-2-6-12-19)22(20-13-7-3-8-14-20)17-23(24)21-15-9-4-10-16-21/h2-16,18,22H,17H2,1H3/t18-,22-/m1/s1. The summed E-state index contributed by atoms with van der Waals surface area (Å²) in [5, 5.41) is 0. The van der Waals surface area contributed by atoms with Crippen LogP contribution in [0.15, 0.2) is 91.0 Å². The molecule has 24 heavy (non-hydrogen) atoms. The number of hydrogen-bond donors (Lipinski definition) is 0. The first-order valence-corrected chi connectivity index (χ1v) is 8.44. The summed E-state index contributed by atoms with van der Waals surface area (Å²) >= 11 is 0. The van der Waals surface area contributed by atoms with Crippen molar-refractivity contribution in [1.29, 1.82) is 0 Å². The molecule has 0 fully saturated rings. The molecule has 0 radical (unpaired) electrons. The summed E-state index contributed by atoms with van der Waals surface area (Å²) in [6, 6.07) is 30.4. The van der Waals surface area contributed by atoms with Crippen LogP contribution in [0.3, 0.4) is 0 Å². The van der Waals surface area contributed by atoms with Gasteiger partial charge in [-0.3, -0.25) is 4.79 Å². The highest BCUT2D eigenvalue weighted by molar-refractivity contribution is 5.96. The largest absolute Gasteiger partial charge is 0.294 e. The van der Waals surface area contributed by atoms with Crippen LogP contribution in [0.2, 0.25) is 0 Å². The maximum atomic E-state index is 12.8. The molecular formula is C23H22O. The van der Waals surface area contributed by atoms with Gasteiger partial charge in [0.2, 0.25) is 0 Å². The second-order valence-electron chi connectivity index (χ2n) is 6.21. The average molecular weight is 314 g/mol. The lowest BCUT2D eigenvalue weighted by atomic mass is 9.79. The summed E-state index contributed by atoms with van der Waals surface area (Å²) in [5.41, 5.74) is 3.28. The van der Waals surface area contributed by atoms with Crippen molar-refractivity contribution in [2.45, 2.75) is 25.2 Å². The predicted molar refractivity (Wildman–Crippen MR) is 99.4 cm³/mol. The Balaban J connectivity index is 1.90. The van der Waals surface area contributed by atoms with Crippen molar-refractivity contribution in [2.75, 3.05) is 0 Å². The van der Waals surface area contributed by atoms with Crippen LogP contribution in [0.25, 0.3) is 0 Å².